The number of aryl methyl sites for hydroxylation is 1. The van der Waals surface area contributed by atoms with Gasteiger partial charge in [-0.25, -0.2) is 0 Å². The van der Waals surface area contributed by atoms with E-state index in [-0.39, 0.29) is 5.91 Å². The highest BCUT2D eigenvalue weighted by Crippen LogP contribution is 2.37. The number of benzene rings is 3. The second-order valence-electron chi connectivity index (χ2n) is 10.1. The van der Waals surface area contributed by atoms with Crippen molar-refractivity contribution in [2.75, 3.05) is 40.4 Å². The molecule has 6 rings (SSSR count). The number of ether oxygens (including phenoxy) is 2. The zero-order valence-electron chi connectivity index (χ0n) is 21.6. The molecule has 2 fully saturated rings. The first kappa shape index (κ1) is 23.6. The summed E-state index contributed by atoms with van der Waals surface area (Å²) in [4.78, 5) is 19.0. The van der Waals surface area contributed by atoms with Crippen LogP contribution < -0.4 is 14.8 Å². The molecule has 6 heteroatoms. The number of nitrogens with one attached hydrogen (secondary N) is 2. The van der Waals surface area contributed by atoms with Gasteiger partial charge < -0.3 is 24.7 Å². The van der Waals surface area contributed by atoms with Gasteiger partial charge in [0, 0.05) is 53.9 Å². The molecule has 0 radical (unpaired) electrons. The monoisotopic (exact) mass is 495 g/mol. The van der Waals surface area contributed by atoms with E-state index in [1.165, 1.54) is 10.9 Å². The first-order valence-corrected chi connectivity index (χ1v) is 13.1. The van der Waals surface area contributed by atoms with Crippen LogP contribution in [-0.4, -0.2) is 56.2 Å². The Hall–Kier alpha value is -3.77. The third-order valence-corrected chi connectivity index (χ3v) is 8.05. The number of hydrogen-bond donors (Lipinski definition) is 2. The van der Waals surface area contributed by atoms with Crippen molar-refractivity contribution in [2.24, 2.45) is 11.8 Å². The third kappa shape index (κ3) is 4.15. The molecule has 2 aliphatic rings. The number of carbonyl (C=O) groups is 1. The van der Waals surface area contributed by atoms with Crippen LogP contribution in [0.3, 0.4) is 0 Å². The molecule has 0 bridgehead atoms. The van der Waals surface area contributed by atoms with Crippen molar-refractivity contribution in [2.45, 2.75) is 13.3 Å². The van der Waals surface area contributed by atoms with E-state index >= 15 is 0 Å². The number of fused-ring (bicyclic) bond motifs is 2. The Morgan fingerprint density at radius 3 is 2.35 bits per heavy atom. The van der Waals surface area contributed by atoms with Gasteiger partial charge in [0.2, 0.25) is 0 Å². The van der Waals surface area contributed by atoms with Crippen LogP contribution in [0.4, 0.5) is 0 Å². The molecule has 2 unspecified atom stereocenters. The predicted octanol–water partition coefficient (Wildman–Crippen LogP) is 5.37. The van der Waals surface area contributed by atoms with Crippen molar-refractivity contribution in [3.8, 4) is 33.9 Å². The van der Waals surface area contributed by atoms with E-state index < -0.39 is 0 Å². The number of carbonyl (C=O) groups excluding carboxylic acids is 1. The van der Waals surface area contributed by atoms with E-state index in [2.05, 4.69) is 47.6 Å². The topological polar surface area (TPSA) is 66.6 Å². The van der Waals surface area contributed by atoms with E-state index in [0.717, 1.165) is 66.1 Å². The summed E-state index contributed by atoms with van der Waals surface area (Å²) in [5.41, 5.74) is 7.44. The number of H-pyrrole nitrogens is 1. The van der Waals surface area contributed by atoms with Gasteiger partial charge in [0.05, 0.1) is 14.2 Å². The molecular formula is C31H33N3O3. The smallest absolute Gasteiger partial charge is 0.253 e. The number of amides is 1. The van der Waals surface area contributed by atoms with Gasteiger partial charge in [0.15, 0.2) is 11.5 Å². The number of methoxy groups -OCH3 is 2. The summed E-state index contributed by atoms with van der Waals surface area (Å²) >= 11 is 0. The lowest BCUT2D eigenvalue weighted by Gasteiger charge is -2.18. The molecule has 0 aliphatic carbocycles. The van der Waals surface area contributed by atoms with Gasteiger partial charge in [0.1, 0.15) is 0 Å². The largest absolute Gasteiger partial charge is 0.493 e. The molecule has 2 N–H and O–H groups in total. The molecule has 0 spiro atoms. The van der Waals surface area contributed by atoms with Crippen molar-refractivity contribution in [3.63, 3.8) is 0 Å². The van der Waals surface area contributed by atoms with E-state index in [1.54, 1.807) is 14.2 Å². The molecule has 190 valence electrons. The number of aromatic amines is 1. The number of rotatable bonds is 6. The molecule has 3 heterocycles. The Balaban J connectivity index is 1.33. The molecule has 2 atom stereocenters. The summed E-state index contributed by atoms with van der Waals surface area (Å²) in [6, 6.07) is 20.6. The summed E-state index contributed by atoms with van der Waals surface area (Å²) in [7, 11) is 3.31. The van der Waals surface area contributed by atoms with Crippen LogP contribution >= 0.6 is 0 Å². The maximum absolute atomic E-state index is 13.3. The zero-order valence-corrected chi connectivity index (χ0v) is 21.6. The standard InChI is InChI=1S/C31H33N3O3/c1-4-25-26-13-20(8-10-27(26)33-30(25)21-9-11-28(36-2)29(14-21)37-3)19-6-5-7-22(12-19)31(35)34-17-23-15-32-16-24(23)18-34/h5-14,23-24,32-33H,4,15-18H2,1-3H3. The second kappa shape index (κ2) is 9.60. The molecule has 2 aliphatic heterocycles. The Kier molecular flexibility index (Phi) is 6.13. The third-order valence-electron chi connectivity index (χ3n) is 8.05. The summed E-state index contributed by atoms with van der Waals surface area (Å²) in [5, 5.41) is 4.64. The summed E-state index contributed by atoms with van der Waals surface area (Å²) < 4.78 is 11.0. The van der Waals surface area contributed by atoms with Crippen LogP contribution in [-0.2, 0) is 6.42 Å². The molecule has 0 saturated carbocycles. The minimum atomic E-state index is 0.143. The molecule has 1 amide bonds. The number of likely N-dealkylation sites (tertiary alicyclic amines) is 1. The number of hydrogen-bond acceptors (Lipinski definition) is 4. The highest BCUT2D eigenvalue weighted by molar-refractivity contribution is 5.97. The average Bonchev–Trinajstić information content (AvgIpc) is 3.65. The van der Waals surface area contributed by atoms with E-state index in [0.29, 0.717) is 23.3 Å². The molecule has 4 aromatic rings. The van der Waals surface area contributed by atoms with Crippen LogP contribution in [0, 0.1) is 11.8 Å². The predicted molar refractivity (Wildman–Crippen MR) is 147 cm³/mol. The van der Waals surface area contributed by atoms with E-state index in [9.17, 15) is 4.79 Å². The van der Waals surface area contributed by atoms with Crippen molar-refractivity contribution in [1.82, 2.24) is 15.2 Å². The first-order valence-electron chi connectivity index (χ1n) is 13.1. The van der Waals surface area contributed by atoms with Crippen molar-refractivity contribution < 1.29 is 14.3 Å². The highest BCUT2D eigenvalue weighted by atomic mass is 16.5. The average molecular weight is 496 g/mol. The highest BCUT2D eigenvalue weighted by Gasteiger charge is 2.38. The summed E-state index contributed by atoms with van der Waals surface area (Å²) in [6.45, 7) is 5.94. The molecule has 3 aromatic carbocycles. The maximum Gasteiger partial charge on any atom is 0.253 e. The lowest BCUT2D eigenvalue weighted by atomic mass is 9.98. The molecular weight excluding hydrogens is 462 g/mol. The number of nitrogens with zero attached hydrogens (tertiary/aromatic N) is 1. The van der Waals surface area contributed by atoms with E-state index in [1.807, 2.05) is 35.2 Å². The van der Waals surface area contributed by atoms with Crippen LogP contribution in [0.1, 0.15) is 22.8 Å². The van der Waals surface area contributed by atoms with Crippen LogP contribution in [0.25, 0.3) is 33.3 Å². The minimum absolute atomic E-state index is 0.143. The fraction of sp³-hybridized carbons (Fsp3) is 0.323. The number of aromatic nitrogens is 1. The van der Waals surface area contributed by atoms with Crippen molar-refractivity contribution >= 4 is 16.8 Å². The summed E-state index contributed by atoms with van der Waals surface area (Å²) in [5.74, 6) is 2.75. The van der Waals surface area contributed by atoms with Gasteiger partial charge in [-0.15, -0.1) is 0 Å². The Bertz CT molecular complexity index is 1460. The molecule has 37 heavy (non-hydrogen) atoms. The quantitative estimate of drug-likeness (QED) is 0.377. The van der Waals surface area contributed by atoms with Crippen LogP contribution in [0.15, 0.2) is 60.7 Å². The Labute approximate surface area is 217 Å². The van der Waals surface area contributed by atoms with Gasteiger partial charge in [-0.2, -0.15) is 0 Å². The lowest BCUT2D eigenvalue weighted by molar-refractivity contribution is 0.0781. The lowest BCUT2D eigenvalue weighted by Crippen LogP contribution is -2.31. The van der Waals surface area contributed by atoms with Gasteiger partial charge in [-0.05, 0) is 77.4 Å². The zero-order chi connectivity index (χ0) is 25.5. The van der Waals surface area contributed by atoms with Gasteiger partial charge in [0.25, 0.3) is 5.91 Å². The maximum atomic E-state index is 13.3. The SMILES string of the molecule is CCc1c(-c2ccc(OC)c(OC)c2)[nH]c2ccc(-c3cccc(C(=O)N4CC5CNCC5C4)c3)cc12. The van der Waals surface area contributed by atoms with Gasteiger partial charge in [-0.1, -0.05) is 25.1 Å². The first-order chi connectivity index (χ1) is 18.1. The Morgan fingerprint density at radius 2 is 1.62 bits per heavy atom. The minimum Gasteiger partial charge on any atom is -0.493 e. The fourth-order valence-corrected chi connectivity index (χ4v) is 6.07. The van der Waals surface area contributed by atoms with Crippen LogP contribution in [0.5, 0.6) is 11.5 Å². The summed E-state index contributed by atoms with van der Waals surface area (Å²) in [6.07, 6.45) is 0.887. The van der Waals surface area contributed by atoms with Gasteiger partial charge in [-0.3, -0.25) is 4.79 Å². The van der Waals surface area contributed by atoms with Crippen molar-refractivity contribution in [3.05, 3.63) is 71.8 Å². The van der Waals surface area contributed by atoms with Crippen molar-refractivity contribution in [1.29, 1.82) is 0 Å². The second-order valence-corrected chi connectivity index (χ2v) is 10.1. The van der Waals surface area contributed by atoms with Gasteiger partial charge >= 0.3 is 0 Å². The fourth-order valence-electron chi connectivity index (χ4n) is 6.07. The molecule has 2 saturated heterocycles. The normalized spacial score (nSPS) is 18.8. The Morgan fingerprint density at radius 1 is 0.892 bits per heavy atom. The van der Waals surface area contributed by atoms with E-state index in [4.69, 9.17) is 9.47 Å². The van der Waals surface area contributed by atoms with Crippen LogP contribution in [0.2, 0.25) is 0 Å². The molecule has 6 nitrogen and oxygen atoms in total. The molecule has 1 aromatic heterocycles.